The smallest absolute Gasteiger partial charge is 0.410 e. The fourth-order valence-electron chi connectivity index (χ4n) is 3.74. The SMILES string of the molecule is COc1ccc(NC(=O)c2nn3c(c2Cl)N[C@@H](c2ccccc2)C[C@H]3C(F)(F)F)cc1OC. The largest absolute Gasteiger partial charge is 0.493 e. The van der Waals surface area contributed by atoms with Gasteiger partial charge in [0, 0.05) is 18.2 Å². The minimum atomic E-state index is -4.59. The number of anilines is 2. The van der Waals surface area contributed by atoms with Crippen LogP contribution in [0, 0.1) is 0 Å². The molecule has 0 spiro atoms. The van der Waals surface area contributed by atoms with E-state index in [9.17, 15) is 18.0 Å². The number of fused-ring (bicyclic) bond motifs is 1. The molecule has 4 rings (SSSR count). The monoisotopic (exact) mass is 480 g/mol. The lowest BCUT2D eigenvalue weighted by Crippen LogP contribution is -2.35. The first kappa shape index (κ1) is 22.8. The van der Waals surface area contributed by atoms with Gasteiger partial charge < -0.3 is 20.1 Å². The number of hydrogen-bond donors (Lipinski definition) is 2. The van der Waals surface area contributed by atoms with Gasteiger partial charge in [0.25, 0.3) is 5.91 Å². The molecule has 7 nitrogen and oxygen atoms in total. The van der Waals surface area contributed by atoms with Crippen molar-refractivity contribution >= 4 is 29.0 Å². The summed E-state index contributed by atoms with van der Waals surface area (Å²) in [5, 5.41) is 9.34. The zero-order valence-electron chi connectivity index (χ0n) is 17.6. The third-order valence-electron chi connectivity index (χ3n) is 5.35. The third kappa shape index (κ3) is 4.43. The van der Waals surface area contributed by atoms with E-state index in [4.69, 9.17) is 21.1 Å². The van der Waals surface area contributed by atoms with Gasteiger partial charge in [-0.1, -0.05) is 41.9 Å². The summed E-state index contributed by atoms with van der Waals surface area (Å²) in [5.41, 5.74) is 0.686. The van der Waals surface area contributed by atoms with Crippen molar-refractivity contribution in [2.45, 2.75) is 24.7 Å². The van der Waals surface area contributed by atoms with Gasteiger partial charge in [0.05, 0.1) is 20.3 Å². The lowest BCUT2D eigenvalue weighted by molar-refractivity contribution is -0.173. The average Bonchev–Trinajstić information content (AvgIpc) is 3.14. The Balaban J connectivity index is 1.67. The Labute approximate surface area is 192 Å². The van der Waals surface area contributed by atoms with Gasteiger partial charge in [-0.15, -0.1) is 0 Å². The summed E-state index contributed by atoms with van der Waals surface area (Å²) < 4.78 is 52.8. The average molecular weight is 481 g/mol. The van der Waals surface area contributed by atoms with Crippen LogP contribution in [0.4, 0.5) is 24.7 Å². The molecule has 0 radical (unpaired) electrons. The van der Waals surface area contributed by atoms with Crippen LogP contribution in [0.15, 0.2) is 48.5 Å². The van der Waals surface area contributed by atoms with Crippen LogP contribution in [-0.4, -0.2) is 36.1 Å². The number of carbonyl (C=O) groups excluding carboxylic acids is 1. The molecule has 11 heteroatoms. The van der Waals surface area contributed by atoms with Crippen molar-refractivity contribution in [2.75, 3.05) is 24.9 Å². The second-order valence-corrected chi connectivity index (χ2v) is 7.76. The van der Waals surface area contributed by atoms with Gasteiger partial charge in [0.2, 0.25) is 0 Å². The van der Waals surface area contributed by atoms with Gasteiger partial charge in [0.1, 0.15) is 10.8 Å². The molecule has 1 aliphatic heterocycles. The molecule has 2 atom stereocenters. The predicted molar refractivity (Wildman–Crippen MR) is 117 cm³/mol. The molecule has 1 aliphatic rings. The summed E-state index contributed by atoms with van der Waals surface area (Å²) in [7, 11) is 2.91. The number of nitrogens with one attached hydrogen (secondary N) is 2. The standard InChI is InChI=1S/C22H20ClF3N4O3/c1-32-15-9-8-13(10-16(15)33-2)27-21(31)19-18(23)20-28-14(12-6-4-3-5-7-12)11-17(22(24,25)26)30(20)29-19/h3-10,14,17,28H,11H2,1-2H3,(H,27,31)/t14-,17+/m1/s1. The molecule has 1 amide bonds. The van der Waals surface area contributed by atoms with E-state index in [0.29, 0.717) is 22.7 Å². The number of aromatic nitrogens is 2. The van der Waals surface area contributed by atoms with Gasteiger partial charge in [-0.3, -0.25) is 4.79 Å². The number of benzene rings is 2. The number of rotatable bonds is 5. The van der Waals surface area contributed by atoms with Crippen LogP contribution >= 0.6 is 11.6 Å². The number of hydrogen-bond acceptors (Lipinski definition) is 5. The Morgan fingerprint density at radius 1 is 1.15 bits per heavy atom. The summed E-state index contributed by atoms with van der Waals surface area (Å²) in [4.78, 5) is 12.9. The van der Waals surface area contributed by atoms with Crippen LogP contribution in [0.3, 0.4) is 0 Å². The van der Waals surface area contributed by atoms with E-state index >= 15 is 0 Å². The Bertz CT molecular complexity index is 1170. The van der Waals surface area contributed by atoms with Crippen LogP contribution in [0.5, 0.6) is 11.5 Å². The Morgan fingerprint density at radius 2 is 1.85 bits per heavy atom. The van der Waals surface area contributed by atoms with Gasteiger partial charge in [-0.25, -0.2) is 4.68 Å². The Hall–Kier alpha value is -3.40. The molecular weight excluding hydrogens is 461 g/mol. The number of nitrogens with zero attached hydrogens (tertiary/aromatic N) is 2. The molecule has 0 aliphatic carbocycles. The molecule has 2 N–H and O–H groups in total. The van der Waals surface area contributed by atoms with Crippen molar-refractivity contribution in [1.82, 2.24) is 9.78 Å². The minimum absolute atomic E-state index is 0.0587. The first-order chi connectivity index (χ1) is 15.7. The molecule has 33 heavy (non-hydrogen) atoms. The fraction of sp³-hybridized carbons (Fsp3) is 0.273. The molecule has 2 heterocycles. The number of alkyl halides is 3. The van der Waals surface area contributed by atoms with E-state index < -0.39 is 24.2 Å². The normalized spacial score (nSPS) is 17.6. The maximum absolute atomic E-state index is 13.9. The quantitative estimate of drug-likeness (QED) is 0.506. The van der Waals surface area contributed by atoms with Gasteiger partial charge >= 0.3 is 6.18 Å². The van der Waals surface area contributed by atoms with Crippen LogP contribution in [0.1, 0.15) is 34.6 Å². The first-order valence-corrected chi connectivity index (χ1v) is 10.3. The maximum atomic E-state index is 13.9. The van der Waals surface area contributed by atoms with Crippen molar-refractivity contribution < 1.29 is 27.4 Å². The molecule has 174 valence electrons. The molecule has 3 aromatic rings. The topological polar surface area (TPSA) is 77.4 Å². The lowest BCUT2D eigenvalue weighted by atomic mass is 9.97. The second kappa shape index (κ2) is 8.86. The third-order valence-corrected chi connectivity index (χ3v) is 5.71. The summed E-state index contributed by atoms with van der Waals surface area (Å²) in [6, 6.07) is 10.8. The van der Waals surface area contributed by atoms with E-state index in [1.54, 1.807) is 42.5 Å². The summed E-state index contributed by atoms with van der Waals surface area (Å²) in [6.45, 7) is 0. The van der Waals surface area contributed by atoms with E-state index in [-0.39, 0.29) is 23.0 Å². The highest BCUT2D eigenvalue weighted by Gasteiger charge is 2.47. The van der Waals surface area contributed by atoms with E-state index in [1.165, 1.54) is 20.3 Å². The molecule has 0 bridgehead atoms. The number of carbonyl (C=O) groups is 1. The fourth-order valence-corrected chi connectivity index (χ4v) is 4.01. The van der Waals surface area contributed by atoms with Gasteiger partial charge in [-0.2, -0.15) is 18.3 Å². The Kier molecular flexibility index (Phi) is 6.11. The first-order valence-electron chi connectivity index (χ1n) is 9.92. The number of ether oxygens (including phenoxy) is 2. The van der Waals surface area contributed by atoms with E-state index in [2.05, 4.69) is 15.7 Å². The Morgan fingerprint density at radius 3 is 2.48 bits per heavy atom. The van der Waals surface area contributed by atoms with E-state index in [0.717, 1.165) is 4.68 Å². The van der Waals surface area contributed by atoms with E-state index in [1.807, 2.05) is 0 Å². The second-order valence-electron chi connectivity index (χ2n) is 7.38. The number of halogens is 4. The van der Waals surface area contributed by atoms with Crippen molar-refractivity contribution in [2.24, 2.45) is 0 Å². The van der Waals surface area contributed by atoms with Crippen LogP contribution in [0.2, 0.25) is 5.02 Å². The van der Waals surface area contributed by atoms with Gasteiger partial charge in [0.15, 0.2) is 23.2 Å². The van der Waals surface area contributed by atoms with Gasteiger partial charge in [-0.05, 0) is 17.7 Å². The molecule has 0 saturated carbocycles. The summed E-state index contributed by atoms with van der Waals surface area (Å²) >= 11 is 6.36. The molecule has 0 fully saturated rings. The van der Waals surface area contributed by atoms with Crippen LogP contribution in [-0.2, 0) is 0 Å². The summed E-state index contributed by atoms with van der Waals surface area (Å²) in [5.74, 6) is 0.00913. The van der Waals surface area contributed by atoms with Crippen molar-refractivity contribution in [3.8, 4) is 11.5 Å². The molecule has 1 aromatic heterocycles. The summed E-state index contributed by atoms with van der Waals surface area (Å²) in [6.07, 6.45) is -4.88. The van der Waals surface area contributed by atoms with Crippen molar-refractivity contribution in [3.63, 3.8) is 0 Å². The number of amides is 1. The molecule has 0 saturated heterocycles. The molecular formula is C22H20ClF3N4O3. The number of methoxy groups -OCH3 is 2. The molecule has 2 aromatic carbocycles. The maximum Gasteiger partial charge on any atom is 0.410 e. The minimum Gasteiger partial charge on any atom is -0.493 e. The highest BCUT2D eigenvalue weighted by Crippen LogP contribution is 2.46. The zero-order valence-corrected chi connectivity index (χ0v) is 18.4. The molecule has 0 unspecified atom stereocenters. The zero-order chi connectivity index (χ0) is 23.8. The van der Waals surface area contributed by atoms with Crippen molar-refractivity contribution in [1.29, 1.82) is 0 Å². The van der Waals surface area contributed by atoms with Crippen LogP contribution < -0.4 is 20.1 Å². The highest BCUT2D eigenvalue weighted by molar-refractivity contribution is 6.36. The lowest BCUT2D eigenvalue weighted by Gasteiger charge is -2.33. The highest BCUT2D eigenvalue weighted by atomic mass is 35.5. The predicted octanol–water partition coefficient (Wildman–Crippen LogP) is 5.47. The van der Waals surface area contributed by atoms with Crippen LogP contribution in [0.25, 0.3) is 0 Å². The van der Waals surface area contributed by atoms with Crippen molar-refractivity contribution in [3.05, 3.63) is 64.8 Å².